The standard InChI is InChI=1S/C14H8Cl2N4O/c15-11-6-18-20(14(21)13(11)16)8-9-7-19-4-2-1-3-12(19)10(9)5-17/h1-4,6-7H,8H2. The van der Waals surface area contributed by atoms with Crippen molar-refractivity contribution in [3.05, 3.63) is 68.3 Å². The molecule has 3 aromatic heterocycles. The van der Waals surface area contributed by atoms with Crippen LogP contribution in [-0.2, 0) is 6.54 Å². The lowest BCUT2D eigenvalue weighted by atomic mass is 10.2. The van der Waals surface area contributed by atoms with Gasteiger partial charge in [-0.2, -0.15) is 10.4 Å². The first-order valence-electron chi connectivity index (χ1n) is 6.01. The van der Waals surface area contributed by atoms with Crippen molar-refractivity contribution in [1.29, 1.82) is 5.26 Å². The summed E-state index contributed by atoms with van der Waals surface area (Å²) >= 11 is 11.6. The van der Waals surface area contributed by atoms with E-state index in [1.165, 1.54) is 10.9 Å². The quantitative estimate of drug-likeness (QED) is 0.729. The summed E-state index contributed by atoms with van der Waals surface area (Å²) in [6, 6.07) is 7.71. The molecule has 0 unspecified atom stereocenters. The van der Waals surface area contributed by atoms with Gasteiger partial charge in [0.1, 0.15) is 11.1 Å². The Hall–Kier alpha value is -2.29. The topological polar surface area (TPSA) is 63.1 Å². The maximum Gasteiger partial charge on any atom is 0.287 e. The Morgan fingerprint density at radius 1 is 1.33 bits per heavy atom. The molecule has 7 heteroatoms. The van der Waals surface area contributed by atoms with E-state index in [1.807, 2.05) is 28.8 Å². The molecular formula is C14H8Cl2N4O. The molecule has 21 heavy (non-hydrogen) atoms. The highest BCUT2D eigenvalue weighted by Crippen LogP contribution is 2.19. The van der Waals surface area contributed by atoms with Gasteiger partial charge in [0, 0.05) is 18.0 Å². The molecule has 0 aliphatic heterocycles. The minimum absolute atomic E-state index is 0.0751. The van der Waals surface area contributed by atoms with Crippen LogP contribution in [0.3, 0.4) is 0 Å². The van der Waals surface area contributed by atoms with Crippen LogP contribution in [-0.4, -0.2) is 14.2 Å². The lowest BCUT2D eigenvalue weighted by Gasteiger charge is -2.04. The van der Waals surface area contributed by atoms with Crippen LogP contribution >= 0.6 is 23.2 Å². The minimum atomic E-state index is -0.483. The van der Waals surface area contributed by atoms with Crippen LogP contribution in [0.1, 0.15) is 11.1 Å². The third-order valence-corrected chi connectivity index (χ3v) is 3.89. The Morgan fingerprint density at radius 3 is 2.90 bits per heavy atom. The molecule has 104 valence electrons. The van der Waals surface area contributed by atoms with Gasteiger partial charge in [-0.15, -0.1) is 0 Å². The van der Waals surface area contributed by atoms with Gasteiger partial charge in [-0.25, -0.2) is 4.68 Å². The van der Waals surface area contributed by atoms with E-state index in [0.29, 0.717) is 11.1 Å². The van der Waals surface area contributed by atoms with Gasteiger partial charge in [0.05, 0.1) is 28.8 Å². The fraction of sp³-hybridized carbons (Fsp3) is 0.0714. The highest BCUT2D eigenvalue weighted by atomic mass is 35.5. The van der Waals surface area contributed by atoms with E-state index in [4.69, 9.17) is 23.2 Å². The molecule has 0 bridgehead atoms. The van der Waals surface area contributed by atoms with Crippen LogP contribution < -0.4 is 5.56 Å². The van der Waals surface area contributed by atoms with Gasteiger partial charge in [0.25, 0.3) is 5.56 Å². The first kappa shape index (κ1) is 13.7. The van der Waals surface area contributed by atoms with Crippen LogP contribution in [0, 0.1) is 11.3 Å². The molecular weight excluding hydrogens is 311 g/mol. The first-order chi connectivity index (χ1) is 10.1. The van der Waals surface area contributed by atoms with Crippen LogP contribution in [0.2, 0.25) is 10.0 Å². The maximum absolute atomic E-state index is 12.0. The SMILES string of the molecule is N#Cc1c(Cn2ncc(Cl)c(Cl)c2=O)cn2ccccc12. The van der Waals surface area contributed by atoms with Crippen LogP contribution in [0.25, 0.3) is 5.52 Å². The summed E-state index contributed by atoms with van der Waals surface area (Å²) in [6.45, 7) is 0.153. The predicted molar refractivity (Wildman–Crippen MR) is 79.7 cm³/mol. The highest BCUT2D eigenvalue weighted by molar-refractivity contribution is 6.41. The second-order valence-electron chi connectivity index (χ2n) is 4.40. The molecule has 0 aliphatic rings. The Bertz CT molecular complexity index is 936. The van der Waals surface area contributed by atoms with Crippen molar-refractivity contribution in [3.63, 3.8) is 0 Å². The molecule has 0 aliphatic carbocycles. The van der Waals surface area contributed by atoms with Gasteiger partial charge >= 0.3 is 0 Å². The van der Waals surface area contributed by atoms with E-state index >= 15 is 0 Å². The average Bonchev–Trinajstić information content (AvgIpc) is 2.85. The second-order valence-corrected chi connectivity index (χ2v) is 5.19. The zero-order chi connectivity index (χ0) is 15.0. The third-order valence-electron chi connectivity index (χ3n) is 3.14. The lowest BCUT2D eigenvalue weighted by molar-refractivity contribution is 0.638. The number of hydrogen-bond acceptors (Lipinski definition) is 3. The fourth-order valence-corrected chi connectivity index (χ4v) is 2.42. The number of aromatic nitrogens is 3. The van der Waals surface area contributed by atoms with Gasteiger partial charge in [-0.1, -0.05) is 29.3 Å². The first-order valence-corrected chi connectivity index (χ1v) is 6.77. The number of hydrogen-bond donors (Lipinski definition) is 0. The molecule has 3 aromatic rings. The van der Waals surface area contributed by atoms with Crippen molar-refractivity contribution in [2.75, 3.05) is 0 Å². The number of rotatable bonds is 2. The maximum atomic E-state index is 12.0. The average molecular weight is 319 g/mol. The molecule has 0 spiro atoms. The van der Waals surface area contributed by atoms with Crippen molar-refractivity contribution in [1.82, 2.24) is 14.2 Å². The number of nitriles is 1. The lowest BCUT2D eigenvalue weighted by Crippen LogP contribution is -2.23. The molecule has 0 amide bonds. The van der Waals surface area contributed by atoms with Gasteiger partial charge in [-0.05, 0) is 12.1 Å². The van der Waals surface area contributed by atoms with Gasteiger partial charge in [-0.3, -0.25) is 4.79 Å². The summed E-state index contributed by atoms with van der Waals surface area (Å²) in [5, 5.41) is 13.3. The van der Waals surface area contributed by atoms with Gasteiger partial charge in [0.2, 0.25) is 0 Å². The van der Waals surface area contributed by atoms with Crippen molar-refractivity contribution in [3.8, 4) is 6.07 Å². The number of nitrogens with zero attached hydrogens (tertiary/aromatic N) is 4. The van der Waals surface area contributed by atoms with Gasteiger partial charge < -0.3 is 4.40 Å². The fourth-order valence-electron chi connectivity index (χ4n) is 2.15. The summed E-state index contributed by atoms with van der Waals surface area (Å²) in [7, 11) is 0. The Labute approximate surface area is 129 Å². The molecule has 0 saturated heterocycles. The van der Waals surface area contributed by atoms with E-state index in [9.17, 15) is 10.1 Å². The molecule has 5 nitrogen and oxygen atoms in total. The second kappa shape index (κ2) is 5.24. The minimum Gasteiger partial charge on any atom is -0.322 e. The summed E-state index contributed by atoms with van der Waals surface area (Å²) in [5.74, 6) is 0. The van der Waals surface area contributed by atoms with Crippen molar-refractivity contribution >= 4 is 28.7 Å². The van der Waals surface area contributed by atoms with E-state index < -0.39 is 5.56 Å². The monoisotopic (exact) mass is 318 g/mol. The van der Waals surface area contributed by atoms with Gasteiger partial charge in [0.15, 0.2) is 0 Å². The van der Waals surface area contributed by atoms with Crippen LogP contribution in [0.15, 0.2) is 41.6 Å². The zero-order valence-corrected chi connectivity index (χ0v) is 12.1. The van der Waals surface area contributed by atoms with E-state index in [-0.39, 0.29) is 16.6 Å². The Kier molecular flexibility index (Phi) is 3.42. The number of halogens is 2. The highest BCUT2D eigenvalue weighted by Gasteiger charge is 2.13. The molecule has 3 heterocycles. The third kappa shape index (κ3) is 2.29. The summed E-state index contributed by atoms with van der Waals surface area (Å²) in [5.41, 5.74) is 1.50. The molecule has 0 N–H and O–H groups in total. The van der Waals surface area contributed by atoms with E-state index in [2.05, 4.69) is 11.2 Å². The molecule has 0 atom stereocenters. The zero-order valence-electron chi connectivity index (χ0n) is 10.6. The van der Waals surface area contributed by atoms with Crippen molar-refractivity contribution < 1.29 is 0 Å². The largest absolute Gasteiger partial charge is 0.322 e. The normalized spacial score (nSPS) is 10.7. The molecule has 3 rings (SSSR count). The Morgan fingerprint density at radius 2 is 2.14 bits per heavy atom. The predicted octanol–water partition coefficient (Wildman–Crippen LogP) is 2.72. The summed E-state index contributed by atoms with van der Waals surface area (Å²) in [4.78, 5) is 12.0. The van der Waals surface area contributed by atoms with Crippen LogP contribution in [0.4, 0.5) is 0 Å². The summed E-state index contributed by atoms with van der Waals surface area (Å²) in [6.07, 6.45) is 4.95. The van der Waals surface area contributed by atoms with E-state index in [1.54, 1.807) is 6.20 Å². The Balaban J connectivity index is 2.13. The molecule has 0 radical (unpaired) electrons. The molecule has 0 fully saturated rings. The smallest absolute Gasteiger partial charge is 0.287 e. The van der Waals surface area contributed by atoms with Crippen molar-refractivity contribution in [2.24, 2.45) is 0 Å². The van der Waals surface area contributed by atoms with Crippen LogP contribution in [0.5, 0.6) is 0 Å². The molecule has 0 aromatic carbocycles. The van der Waals surface area contributed by atoms with E-state index in [0.717, 1.165) is 5.52 Å². The molecule has 0 saturated carbocycles. The number of pyridine rings is 1. The summed E-state index contributed by atoms with van der Waals surface area (Å²) < 4.78 is 3.01. The van der Waals surface area contributed by atoms with Crippen molar-refractivity contribution in [2.45, 2.75) is 6.54 Å². The number of fused-ring (bicyclic) bond motifs is 1.